The number of benzene rings is 1. The Morgan fingerprint density at radius 3 is 2.64 bits per heavy atom. The number of carboxylic acid groups (broad SMARTS) is 1. The van der Waals surface area contributed by atoms with E-state index in [4.69, 9.17) is 14.0 Å². The highest BCUT2D eigenvalue weighted by atomic mass is 32.2. The summed E-state index contributed by atoms with van der Waals surface area (Å²) in [6.07, 6.45) is 0. The fourth-order valence-corrected chi connectivity index (χ4v) is 1.48. The molecule has 0 aliphatic carbocycles. The highest BCUT2D eigenvalue weighted by Gasteiger charge is 2.11. The van der Waals surface area contributed by atoms with E-state index < -0.39 is 5.97 Å². The molecule has 1 aromatic rings. The van der Waals surface area contributed by atoms with Crippen molar-refractivity contribution in [2.45, 2.75) is 4.90 Å². The number of hydrogen-bond donors (Lipinski definition) is 1. The summed E-state index contributed by atoms with van der Waals surface area (Å²) < 4.78 is 9.73. The number of carbonyl (C=O) groups is 1. The monoisotopic (exact) mass is 214 g/mol. The smallest absolute Gasteiger partial charge is 0.339 e. The lowest BCUT2D eigenvalue weighted by atomic mass is 10.2. The maximum atomic E-state index is 10.8. The van der Waals surface area contributed by atoms with E-state index in [0.717, 1.165) is 16.9 Å². The molecule has 0 aromatic heterocycles. The number of ether oxygens (including phenoxy) is 1. The molecular weight excluding hydrogens is 204 g/mol. The number of carboxylic acids is 1. The van der Waals surface area contributed by atoms with Crippen molar-refractivity contribution in [3.63, 3.8) is 0 Å². The predicted molar refractivity (Wildman–Crippen MR) is 52.8 cm³/mol. The first kappa shape index (κ1) is 10.9. The van der Waals surface area contributed by atoms with Crippen LogP contribution in [0.3, 0.4) is 0 Å². The van der Waals surface area contributed by atoms with Crippen LogP contribution in [0.2, 0.25) is 0 Å². The van der Waals surface area contributed by atoms with Gasteiger partial charge in [-0.15, -0.1) is 0 Å². The van der Waals surface area contributed by atoms with E-state index in [1.54, 1.807) is 12.1 Å². The van der Waals surface area contributed by atoms with E-state index in [1.165, 1.54) is 20.3 Å². The molecule has 0 heterocycles. The Morgan fingerprint density at radius 1 is 1.43 bits per heavy atom. The van der Waals surface area contributed by atoms with E-state index in [9.17, 15) is 4.79 Å². The zero-order valence-electron chi connectivity index (χ0n) is 7.81. The first-order valence-corrected chi connectivity index (χ1v) is 4.55. The fourth-order valence-electron chi connectivity index (χ4n) is 1.00. The molecule has 0 spiro atoms. The molecule has 0 aliphatic heterocycles. The van der Waals surface area contributed by atoms with Crippen LogP contribution in [0.15, 0.2) is 23.1 Å². The van der Waals surface area contributed by atoms with Gasteiger partial charge in [-0.05, 0) is 18.2 Å². The van der Waals surface area contributed by atoms with E-state index in [2.05, 4.69) is 0 Å². The molecule has 4 nitrogen and oxygen atoms in total. The summed E-state index contributed by atoms with van der Waals surface area (Å²) in [6, 6.07) is 4.85. The van der Waals surface area contributed by atoms with Crippen molar-refractivity contribution >= 4 is 18.0 Å². The minimum absolute atomic E-state index is 0.134. The standard InChI is InChI=1S/C9H10O4S/c1-12-8-4-3-6(14-13-2)5-7(8)9(10)11/h3-5H,1-2H3,(H,10,11). The Morgan fingerprint density at radius 2 is 2.14 bits per heavy atom. The van der Waals surface area contributed by atoms with E-state index in [0.29, 0.717) is 5.75 Å². The van der Waals surface area contributed by atoms with Gasteiger partial charge in [-0.2, -0.15) is 0 Å². The van der Waals surface area contributed by atoms with Gasteiger partial charge in [0.05, 0.1) is 14.2 Å². The van der Waals surface area contributed by atoms with Crippen molar-refractivity contribution in [1.82, 2.24) is 0 Å². The Bertz CT molecular complexity index is 338. The van der Waals surface area contributed by atoms with Crippen LogP contribution >= 0.6 is 12.0 Å². The highest BCUT2D eigenvalue weighted by Crippen LogP contribution is 2.25. The fraction of sp³-hybridized carbons (Fsp3) is 0.222. The molecule has 0 amide bonds. The molecule has 0 bridgehead atoms. The number of rotatable bonds is 4. The van der Waals surface area contributed by atoms with E-state index in [1.807, 2.05) is 0 Å². The summed E-state index contributed by atoms with van der Waals surface area (Å²) >= 11 is 1.11. The molecule has 1 rings (SSSR count). The van der Waals surface area contributed by atoms with Gasteiger partial charge >= 0.3 is 5.97 Å². The molecule has 0 saturated carbocycles. The van der Waals surface area contributed by atoms with E-state index in [-0.39, 0.29) is 5.56 Å². The lowest BCUT2D eigenvalue weighted by Gasteiger charge is -2.05. The van der Waals surface area contributed by atoms with Gasteiger partial charge in [0.15, 0.2) is 0 Å². The molecule has 14 heavy (non-hydrogen) atoms. The number of hydrogen-bond acceptors (Lipinski definition) is 4. The first-order chi connectivity index (χ1) is 6.69. The van der Waals surface area contributed by atoms with Crippen LogP contribution in [0, 0.1) is 0 Å². The van der Waals surface area contributed by atoms with Gasteiger partial charge in [0.1, 0.15) is 11.3 Å². The minimum Gasteiger partial charge on any atom is -0.496 e. The molecule has 5 heteroatoms. The van der Waals surface area contributed by atoms with E-state index >= 15 is 0 Å². The molecule has 1 aromatic carbocycles. The molecule has 76 valence electrons. The summed E-state index contributed by atoms with van der Waals surface area (Å²) in [4.78, 5) is 11.5. The summed E-state index contributed by atoms with van der Waals surface area (Å²) in [6.45, 7) is 0. The summed E-state index contributed by atoms with van der Waals surface area (Å²) in [5.41, 5.74) is 0.134. The first-order valence-electron chi connectivity index (χ1n) is 3.81. The van der Waals surface area contributed by atoms with Crippen molar-refractivity contribution in [2.75, 3.05) is 14.2 Å². The SMILES string of the molecule is COSc1ccc(OC)c(C(=O)O)c1. The molecule has 0 atom stereocenters. The molecular formula is C9H10O4S. The van der Waals surface area contributed by atoms with Crippen molar-refractivity contribution < 1.29 is 18.8 Å². The Hall–Kier alpha value is -1.20. The second kappa shape index (κ2) is 4.88. The highest BCUT2D eigenvalue weighted by molar-refractivity contribution is 7.94. The maximum Gasteiger partial charge on any atom is 0.339 e. The zero-order chi connectivity index (χ0) is 10.6. The zero-order valence-corrected chi connectivity index (χ0v) is 8.63. The molecule has 0 fully saturated rings. The molecule has 0 saturated heterocycles. The Balaban J connectivity index is 3.07. The van der Waals surface area contributed by atoms with Crippen LogP contribution in [0.1, 0.15) is 10.4 Å². The van der Waals surface area contributed by atoms with Gasteiger partial charge in [0.2, 0.25) is 0 Å². The second-order valence-electron chi connectivity index (χ2n) is 2.42. The Labute approximate surface area is 86.0 Å². The lowest BCUT2D eigenvalue weighted by molar-refractivity contribution is 0.0693. The van der Waals surface area contributed by atoms with Crippen LogP contribution < -0.4 is 4.74 Å². The third-order valence-electron chi connectivity index (χ3n) is 1.58. The number of methoxy groups -OCH3 is 1. The van der Waals surface area contributed by atoms with Gasteiger partial charge in [-0.3, -0.25) is 0 Å². The van der Waals surface area contributed by atoms with Crippen molar-refractivity contribution in [3.05, 3.63) is 23.8 Å². The minimum atomic E-state index is -1.01. The van der Waals surface area contributed by atoms with Gasteiger partial charge < -0.3 is 14.0 Å². The van der Waals surface area contributed by atoms with Gasteiger partial charge in [-0.25, -0.2) is 4.79 Å². The summed E-state index contributed by atoms with van der Waals surface area (Å²) in [5, 5.41) is 8.86. The topological polar surface area (TPSA) is 55.8 Å². The average Bonchev–Trinajstić information content (AvgIpc) is 2.18. The van der Waals surface area contributed by atoms with Crippen LogP contribution in [0.25, 0.3) is 0 Å². The molecule has 1 N–H and O–H groups in total. The third kappa shape index (κ3) is 2.40. The molecule has 0 aliphatic rings. The normalized spacial score (nSPS) is 9.86. The summed E-state index contributed by atoms with van der Waals surface area (Å²) in [5.74, 6) is -0.668. The van der Waals surface area contributed by atoms with Crippen LogP contribution in [0.5, 0.6) is 5.75 Å². The molecule has 0 unspecified atom stereocenters. The maximum absolute atomic E-state index is 10.8. The average molecular weight is 214 g/mol. The molecule has 0 radical (unpaired) electrons. The third-order valence-corrected chi connectivity index (χ3v) is 2.19. The van der Waals surface area contributed by atoms with Crippen LogP contribution in [-0.2, 0) is 4.18 Å². The Kier molecular flexibility index (Phi) is 3.79. The lowest BCUT2D eigenvalue weighted by Crippen LogP contribution is -2.00. The predicted octanol–water partition coefficient (Wildman–Crippen LogP) is 2.05. The van der Waals surface area contributed by atoms with Crippen LogP contribution in [-0.4, -0.2) is 25.3 Å². The second-order valence-corrected chi connectivity index (χ2v) is 3.39. The van der Waals surface area contributed by atoms with Crippen LogP contribution in [0.4, 0.5) is 0 Å². The quantitative estimate of drug-likeness (QED) is 0.777. The van der Waals surface area contributed by atoms with Crippen molar-refractivity contribution in [1.29, 1.82) is 0 Å². The van der Waals surface area contributed by atoms with Gasteiger partial charge in [0.25, 0.3) is 0 Å². The van der Waals surface area contributed by atoms with Gasteiger partial charge in [0, 0.05) is 16.9 Å². The summed E-state index contributed by atoms with van der Waals surface area (Å²) in [7, 11) is 2.96. The number of aromatic carboxylic acids is 1. The van der Waals surface area contributed by atoms with Crippen molar-refractivity contribution in [3.8, 4) is 5.75 Å². The largest absolute Gasteiger partial charge is 0.496 e. The van der Waals surface area contributed by atoms with Gasteiger partial charge in [-0.1, -0.05) is 0 Å². The van der Waals surface area contributed by atoms with Crippen molar-refractivity contribution in [2.24, 2.45) is 0 Å².